The van der Waals surface area contributed by atoms with Crippen LogP contribution in [0.2, 0.25) is 0 Å². The van der Waals surface area contributed by atoms with Crippen molar-refractivity contribution in [2.24, 2.45) is 0 Å². The Hall–Kier alpha value is -8.58. The number of aliphatic carboxylic acids is 3. The molecule has 0 spiro atoms. The van der Waals surface area contributed by atoms with Crippen LogP contribution in [0.5, 0.6) is 0 Å². The summed E-state index contributed by atoms with van der Waals surface area (Å²) in [5.74, 6) is -16.0. The standard InChI is InChI=1S/C21H18F4N2O4S.C21H19F3N2O4S.C20H18F2N2O4S/c1-11-14(15-7-13(22)3-4-18(15)27(11)9-20(28)29)5-12-6-16-19(8-17(12)23)32(30,31)26(2)10-21(16,24)25;1-12-15(16-9-14(22)4-5-18(16)26(12)10-20(27)28)7-13-3-6-19-17(8-13)21(23,24)11-25(2)31(19,29)30;1-12-15(14-3-2-7-23-19(14)24(12)11-18(25)26)9-13-4-5-17-16(10-13)20(21,22)6-8-29(17,27)28/h3-4,6-8H,5,9-10H2,1-2H3,(H,28,29);3-6,8-9H,7,10-11H2,1-2H3,(H,27,28);2-5,7,10H,6,8-9,11H2,1H3,(H,25,26). The molecule has 0 fully saturated rings. The lowest BCUT2D eigenvalue weighted by atomic mass is 9.97. The van der Waals surface area contributed by atoms with Crippen LogP contribution in [-0.4, -0.2) is 119 Å². The van der Waals surface area contributed by atoms with Crippen molar-refractivity contribution in [1.82, 2.24) is 27.3 Å². The molecule has 0 atom stereocenters. The molecule has 12 rings (SSSR count). The molecule has 0 unspecified atom stereocenters. The molecule has 0 aliphatic carbocycles. The molecular formula is C62H55F9N6O12S3. The third-order valence-electron chi connectivity index (χ3n) is 16.7. The number of carboxylic acid groups (broad SMARTS) is 3. The number of pyridine rings is 1. The van der Waals surface area contributed by atoms with Gasteiger partial charge in [-0.15, -0.1) is 0 Å². The maximum Gasteiger partial charge on any atom is 0.323 e. The largest absolute Gasteiger partial charge is 0.480 e. The van der Waals surface area contributed by atoms with Crippen molar-refractivity contribution in [3.63, 3.8) is 0 Å². The minimum absolute atomic E-state index is 0.109. The van der Waals surface area contributed by atoms with Crippen LogP contribution < -0.4 is 0 Å². The fourth-order valence-electron chi connectivity index (χ4n) is 12.1. The number of carbonyl (C=O) groups is 3. The molecule has 0 bridgehead atoms. The quantitative estimate of drug-likeness (QED) is 0.0965. The highest BCUT2D eigenvalue weighted by molar-refractivity contribution is 7.91. The maximum absolute atomic E-state index is 14.9. The first-order valence-electron chi connectivity index (χ1n) is 27.9. The van der Waals surface area contributed by atoms with Crippen molar-refractivity contribution in [3.8, 4) is 0 Å². The van der Waals surface area contributed by atoms with Gasteiger partial charge in [0.2, 0.25) is 20.0 Å². The molecule has 3 aliphatic heterocycles. The summed E-state index contributed by atoms with van der Waals surface area (Å²) >= 11 is 0. The Morgan fingerprint density at radius 1 is 0.511 bits per heavy atom. The number of benzene rings is 5. The van der Waals surface area contributed by atoms with Gasteiger partial charge in [0.05, 0.1) is 33.5 Å². The molecule has 18 nitrogen and oxygen atoms in total. The summed E-state index contributed by atoms with van der Waals surface area (Å²) in [6.07, 6.45) is 0.937. The van der Waals surface area contributed by atoms with E-state index in [4.69, 9.17) is 0 Å². The monoisotopic (exact) mass is 1340 g/mol. The second-order valence-corrected chi connectivity index (χ2v) is 28.8. The van der Waals surface area contributed by atoms with Crippen molar-refractivity contribution in [1.29, 1.82) is 0 Å². The van der Waals surface area contributed by atoms with E-state index in [-0.39, 0.29) is 42.8 Å². The highest BCUT2D eigenvalue weighted by Gasteiger charge is 2.48. The minimum Gasteiger partial charge on any atom is -0.480 e. The molecule has 0 saturated heterocycles. The van der Waals surface area contributed by atoms with Gasteiger partial charge in [0.1, 0.15) is 42.7 Å². The van der Waals surface area contributed by atoms with E-state index in [9.17, 15) is 94.5 Å². The molecule has 3 N–H and O–H groups in total. The van der Waals surface area contributed by atoms with Gasteiger partial charge in [-0.25, -0.2) is 52.2 Å². The molecule has 5 aromatic carbocycles. The number of rotatable bonds is 12. The molecular weight excluding hydrogens is 1290 g/mol. The van der Waals surface area contributed by atoms with Gasteiger partial charge in [0.15, 0.2) is 9.84 Å². The number of fused-ring (bicyclic) bond motifs is 6. The summed E-state index contributed by atoms with van der Waals surface area (Å²) < 4.78 is 210. The Bertz CT molecular complexity index is 4930. The Balaban J connectivity index is 0.000000151. The number of halogens is 9. The van der Waals surface area contributed by atoms with Gasteiger partial charge in [-0.2, -0.15) is 26.2 Å². The fourth-order valence-corrected chi connectivity index (χ4v) is 16.5. The van der Waals surface area contributed by atoms with Gasteiger partial charge in [-0.1, -0.05) is 12.1 Å². The number of nitrogens with zero attached hydrogens (tertiary/aromatic N) is 6. The smallest absolute Gasteiger partial charge is 0.323 e. The fraction of sp³-hybridized carbons (Fsp3) is 0.290. The second-order valence-electron chi connectivity index (χ2n) is 22.7. The lowest BCUT2D eigenvalue weighted by Gasteiger charge is -2.31. The van der Waals surface area contributed by atoms with Crippen LogP contribution in [-0.2, 0) is 101 Å². The zero-order chi connectivity index (χ0) is 67.3. The van der Waals surface area contributed by atoms with Crippen LogP contribution in [0.3, 0.4) is 0 Å². The van der Waals surface area contributed by atoms with E-state index in [2.05, 4.69) is 4.98 Å². The van der Waals surface area contributed by atoms with Crippen LogP contribution in [0.15, 0.2) is 118 Å². The predicted octanol–water partition coefficient (Wildman–Crippen LogP) is 10.4. The highest BCUT2D eigenvalue weighted by Crippen LogP contribution is 2.45. The first-order chi connectivity index (χ1) is 42.8. The molecule has 0 saturated carbocycles. The van der Waals surface area contributed by atoms with Gasteiger partial charge in [0, 0.05) is 94.1 Å². The topological polar surface area (TPSA) is 248 Å². The van der Waals surface area contributed by atoms with E-state index >= 15 is 0 Å². The first-order valence-corrected chi connectivity index (χ1v) is 32.4. The number of sulfonamides is 2. The molecule has 4 aromatic heterocycles. The van der Waals surface area contributed by atoms with Crippen molar-refractivity contribution >= 4 is 80.6 Å². The molecule has 92 heavy (non-hydrogen) atoms. The lowest BCUT2D eigenvalue weighted by molar-refractivity contribution is -0.138. The molecule has 0 amide bonds. The molecule has 7 heterocycles. The number of carboxylic acids is 3. The Kier molecular flexibility index (Phi) is 17.2. The van der Waals surface area contributed by atoms with E-state index in [0.717, 1.165) is 43.2 Å². The SMILES string of the molecule is Cc1c(Cc2cc3c(cc2F)S(=O)(=O)N(C)CC3(F)F)c2cc(F)ccc2n1CC(=O)O.Cc1c(Cc2ccc3c(c2)C(F)(F)CCS3(=O)=O)c2cccnc2n1CC(=O)O.Cc1c(Cc2ccc3c(c2)C(F)(F)CN(C)S3(=O)=O)c2cc(F)ccc2n1CC(=O)O. The number of hydrogen-bond donors (Lipinski definition) is 3. The van der Waals surface area contributed by atoms with Gasteiger partial charge in [-0.3, -0.25) is 14.4 Å². The van der Waals surface area contributed by atoms with Crippen molar-refractivity contribution in [2.75, 3.05) is 32.9 Å². The van der Waals surface area contributed by atoms with Crippen LogP contribution in [0.1, 0.15) is 73.6 Å². The number of likely N-dealkylation sites (N-methyl/N-ethyl adjacent to an activating group) is 2. The zero-order valence-electron chi connectivity index (χ0n) is 49.2. The molecule has 30 heteroatoms. The van der Waals surface area contributed by atoms with Crippen molar-refractivity contribution < 1.29 is 94.5 Å². The highest BCUT2D eigenvalue weighted by atomic mass is 32.2. The van der Waals surface area contributed by atoms with Crippen molar-refractivity contribution in [3.05, 3.63) is 188 Å². The predicted molar refractivity (Wildman–Crippen MR) is 316 cm³/mol. The number of sulfone groups is 1. The van der Waals surface area contributed by atoms with Crippen LogP contribution >= 0.6 is 0 Å². The van der Waals surface area contributed by atoms with Crippen LogP contribution in [0.4, 0.5) is 39.5 Å². The number of alkyl halides is 6. The summed E-state index contributed by atoms with van der Waals surface area (Å²) in [5.41, 5.74) is 3.71. The average Bonchev–Trinajstić information content (AvgIpc) is 1.14. The molecule has 3 aliphatic rings. The third kappa shape index (κ3) is 12.2. The lowest BCUT2D eigenvalue weighted by Crippen LogP contribution is -2.43. The number of aromatic nitrogens is 4. The van der Waals surface area contributed by atoms with E-state index < -0.39 is 141 Å². The second kappa shape index (κ2) is 23.8. The van der Waals surface area contributed by atoms with Crippen LogP contribution in [0.25, 0.3) is 32.8 Å². The van der Waals surface area contributed by atoms with Crippen molar-refractivity contribution in [2.45, 2.75) is 98.5 Å². The summed E-state index contributed by atoms with van der Waals surface area (Å²) in [4.78, 5) is 36.5. The normalized spacial score (nSPS) is 17.4. The van der Waals surface area contributed by atoms with Gasteiger partial charge < -0.3 is 29.0 Å². The van der Waals surface area contributed by atoms with Gasteiger partial charge in [-0.05, 0) is 152 Å². The summed E-state index contributed by atoms with van der Waals surface area (Å²) in [7, 11) is -9.89. The molecule has 486 valence electrons. The molecule has 0 radical (unpaired) electrons. The van der Waals surface area contributed by atoms with E-state index in [1.165, 1.54) is 69.8 Å². The minimum atomic E-state index is -4.27. The molecule has 9 aromatic rings. The Labute approximate surface area is 519 Å². The summed E-state index contributed by atoms with van der Waals surface area (Å²) in [6, 6.07) is 20.5. The maximum atomic E-state index is 14.9. The van der Waals surface area contributed by atoms with E-state index in [1.54, 1.807) is 43.7 Å². The summed E-state index contributed by atoms with van der Waals surface area (Å²) in [5, 5.41) is 29.2. The average molecular weight is 1340 g/mol. The number of hydrogen-bond acceptors (Lipinski definition) is 10. The van der Waals surface area contributed by atoms with Gasteiger partial charge >= 0.3 is 17.9 Å². The Morgan fingerprint density at radius 2 is 0.946 bits per heavy atom. The zero-order valence-corrected chi connectivity index (χ0v) is 51.7. The first kappa shape index (κ1) is 66.3. The Morgan fingerprint density at radius 3 is 1.46 bits per heavy atom. The van der Waals surface area contributed by atoms with E-state index in [1.807, 2.05) is 0 Å². The summed E-state index contributed by atoms with van der Waals surface area (Å²) in [6.45, 7) is 1.97. The van der Waals surface area contributed by atoms with Gasteiger partial charge in [0.25, 0.3) is 17.8 Å². The van der Waals surface area contributed by atoms with E-state index in [0.29, 0.717) is 81.5 Å². The van der Waals surface area contributed by atoms with Crippen LogP contribution in [0, 0.1) is 38.2 Å². The third-order valence-corrected chi connectivity index (χ3v) is 22.2.